The van der Waals surface area contributed by atoms with Gasteiger partial charge in [0.05, 0.1) is 5.92 Å². The summed E-state index contributed by atoms with van der Waals surface area (Å²) >= 11 is 0. The molecule has 4 heteroatoms. The lowest BCUT2D eigenvalue weighted by Gasteiger charge is -2.18. The van der Waals surface area contributed by atoms with E-state index in [2.05, 4.69) is 22.8 Å². The van der Waals surface area contributed by atoms with E-state index in [4.69, 9.17) is 5.73 Å². The van der Waals surface area contributed by atoms with Crippen molar-refractivity contribution in [2.45, 2.75) is 25.4 Å². The van der Waals surface area contributed by atoms with Crippen molar-refractivity contribution in [2.24, 2.45) is 11.7 Å². The molecular formula is C20H25N3O. The quantitative estimate of drug-likeness (QED) is 0.791. The second-order valence-electron chi connectivity index (χ2n) is 6.53. The van der Waals surface area contributed by atoms with Gasteiger partial charge in [-0.3, -0.25) is 4.79 Å². The summed E-state index contributed by atoms with van der Waals surface area (Å²) in [4.78, 5) is 12.6. The Bertz CT molecular complexity index is 667. The lowest BCUT2D eigenvalue weighted by atomic mass is 9.88. The van der Waals surface area contributed by atoms with E-state index in [9.17, 15) is 4.79 Å². The number of carbonyl (C=O) groups is 1. The molecule has 3 rings (SSSR count). The second kappa shape index (κ2) is 7.60. The molecule has 1 aliphatic heterocycles. The van der Waals surface area contributed by atoms with Crippen LogP contribution in [0.1, 0.15) is 35.6 Å². The molecule has 1 heterocycles. The van der Waals surface area contributed by atoms with E-state index >= 15 is 0 Å². The van der Waals surface area contributed by atoms with Gasteiger partial charge in [-0.1, -0.05) is 54.6 Å². The van der Waals surface area contributed by atoms with E-state index in [0.717, 1.165) is 24.2 Å². The van der Waals surface area contributed by atoms with Gasteiger partial charge in [0.15, 0.2) is 0 Å². The van der Waals surface area contributed by atoms with Crippen LogP contribution in [0.15, 0.2) is 54.6 Å². The number of amides is 1. The maximum atomic E-state index is 12.6. The Balaban J connectivity index is 1.60. The summed E-state index contributed by atoms with van der Waals surface area (Å²) in [7, 11) is 0. The molecule has 0 spiro atoms. The van der Waals surface area contributed by atoms with Gasteiger partial charge in [0.1, 0.15) is 0 Å². The molecule has 1 fully saturated rings. The monoisotopic (exact) mass is 323 g/mol. The third-order valence-corrected chi connectivity index (χ3v) is 4.75. The minimum atomic E-state index is -0.0178. The third kappa shape index (κ3) is 3.83. The molecule has 2 aromatic carbocycles. The summed E-state index contributed by atoms with van der Waals surface area (Å²) in [6, 6.07) is 18.4. The van der Waals surface area contributed by atoms with E-state index in [1.54, 1.807) is 0 Å². The highest BCUT2D eigenvalue weighted by molar-refractivity contribution is 5.80. The third-order valence-electron chi connectivity index (χ3n) is 4.75. The van der Waals surface area contributed by atoms with Crippen LogP contribution in [-0.4, -0.2) is 19.0 Å². The van der Waals surface area contributed by atoms with E-state index < -0.39 is 0 Å². The molecule has 4 N–H and O–H groups in total. The van der Waals surface area contributed by atoms with Gasteiger partial charge >= 0.3 is 0 Å². The van der Waals surface area contributed by atoms with Crippen molar-refractivity contribution >= 4 is 5.91 Å². The fourth-order valence-corrected chi connectivity index (χ4v) is 3.26. The summed E-state index contributed by atoms with van der Waals surface area (Å²) in [5, 5.41) is 6.42. The molecule has 1 aliphatic rings. The van der Waals surface area contributed by atoms with Crippen molar-refractivity contribution in [1.82, 2.24) is 10.6 Å². The van der Waals surface area contributed by atoms with E-state index in [1.165, 1.54) is 5.56 Å². The Morgan fingerprint density at radius 1 is 1.17 bits per heavy atom. The Labute approximate surface area is 143 Å². The maximum absolute atomic E-state index is 12.6. The maximum Gasteiger partial charge on any atom is 0.225 e. The predicted octanol–water partition coefficient (Wildman–Crippen LogP) is 2.33. The molecule has 0 saturated carbocycles. The zero-order valence-electron chi connectivity index (χ0n) is 14.0. The Morgan fingerprint density at radius 2 is 1.88 bits per heavy atom. The highest BCUT2D eigenvalue weighted by Crippen LogP contribution is 2.28. The zero-order valence-corrected chi connectivity index (χ0v) is 14.0. The van der Waals surface area contributed by atoms with Gasteiger partial charge < -0.3 is 16.4 Å². The van der Waals surface area contributed by atoms with E-state index in [-0.39, 0.29) is 23.8 Å². The van der Waals surface area contributed by atoms with Gasteiger partial charge in [0.2, 0.25) is 5.91 Å². The van der Waals surface area contributed by atoms with Crippen molar-refractivity contribution in [2.75, 3.05) is 13.1 Å². The number of carbonyl (C=O) groups excluding carboxylic acids is 1. The van der Waals surface area contributed by atoms with Gasteiger partial charge in [-0.2, -0.15) is 0 Å². The first-order chi connectivity index (χ1) is 11.6. The summed E-state index contributed by atoms with van der Waals surface area (Å²) in [6.07, 6.45) is 0. The molecule has 0 radical (unpaired) electrons. The number of nitrogens with one attached hydrogen (secondary N) is 2. The van der Waals surface area contributed by atoms with Gasteiger partial charge in [0, 0.05) is 31.6 Å². The molecule has 126 valence electrons. The smallest absolute Gasteiger partial charge is 0.225 e. The van der Waals surface area contributed by atoms with Crippen LogP contribution < -0.4 is 16.4 Å². The fraction of sp³-hybridized carbons (Fsp3) is 0.350. The van der Waals surface area contributed by atoms with Crippen LogP contribution in [-0.2, 0) is 11.3 Å². The first-order valence-electron chi connectivity index (χ1n) is 8.53. The van der Waals surface area contributed by atoms with E-state index in [1.807, 2.05) is 49.4 Å². The van der Waals surface area contributed by atoms with Gasteiger partial charge in [-0.15, -0.1) is 0 Å². The SMILES string of the molecule is C[C@@H](N)c1ccc(CNC(=O)[C@@H]2CNC[C@H]2c2ccccc2)cc1. The highest BCUT2D eigenvalue weighted by Gasteiger charge is 2.33. The number of rotatable bonds is 5. The predicted molar refractivity (Wildman–Crippen MR) is 96.4 cm³/mol. The lowest BCUT2D eigenvalue weighted by molar-refractivity contribution is -0.125. The van der Waals surface area contributed by atoms with Crippen LogP contribution >= 0.6 is 0 Å². The zero-order chi connectivity index (χ0) is 16.9. The molecule has 1 saturated heterocycles. The molecule has 0 bridgehead atoms. The fourth-order valence-electron chi connectivity index (χ4n) is 3.26. The Morgan fingerprint density at radius 3 is 2.54 bits per heavy atom. The average Bonchev–Trinajstić information content (AvgIpc) is 3.10. The van der Waals surface area contributed by atoms with Crippen LogP contribution in [0.25, 0.3) is 0 Å². The molecule has 0 unspecified atom stereocenters. The second-order valence-corrected chi connectivity index (χ2v) is 6.53. The van der Waals surface area contributed by atoms with Crippen LogP contribution in [0.2, 0.25) is 0 Å². The molecule has 3 atom stereocenters. The topological polar surface area (TPSA) is 67.1 Å². The van der Waals surface area contributed by atoms with Crippen molar-refractivity contribution in [3.8, 4) is 0 Å². The lowest BCUT2D eigenvalue weighted by Crippen LogP contribution is -2.34. The number of benzene rings is 2. The molecule has 24 heavy (non-hydrogen) atoms. The first kappa shape index (κ1) is 16.7. The minimum Gasteiger partial charge on any atom is -0.352 e. The molecule has 1 amide bonds. The molecule has 0 aromatic heterocycles. The minimum absolute atomic E-state index is 0.0178. The van der Waals surface area contributed by atoms with Crippen LogP contribution in [0.5, 0.6) is 0 Å². The Hall–Kier alpha value is -2.17. The number of hydrogen-bond donors (Lipinski definition) is 3. The largest absolute Gasteiger partial charge is 0.352 e. The van der Waals surface area contributed by atoms with Gasteiger partial charge in [-0.05, 0) is 23.6 Å². The van der Waals surface area contributed by atoms with Crippen LogP contribution in [0.4, 0.5) is 0 Å². The normalized spacial score (nSPS) is 21.4. The first-order valence-corrected chi connectivity index (χ1v) is 8.53. The van der Waals surface area contributed by atoms with Crippen molar-refractivity contribution in [3.05, 3.63) is 71.3 Å². The van der Waals surface area contributed by atoms with Crippen molar-refractivity contribution < 1.29 is 4.79 Å². The number of nitrogens with two attached hydrogens (primary N) is 1. The molecule has 2 aromatic rings. The van der Waals surface area contributed by atoms with Crippen molar-refractivity contribution in [1.29, 1.82) is 0 Å². The Kier molecular flexibility index (Phi) is 5.28. The summed E-state index contributed by atoms with van der Waals surface area (Å²) in [5.74, 6) is 0.340. The molecular weight excluding hydrogens is 298 g/mol. The summed E-state index contributed by atoms with van der Waals surface area (Å²) in [5.41, 5.74) is 9.29. The standard InChI is InChI=1S/C20H25N3O/c1-14(21)16-9-7-15(8-10-16)11-23-20(24)19-13-22-12-18(19)17-5-3-2-4-6-17/h2-10,14,18-19,22H,11-13,21H2,1H3,(H,23,24)/t14-,18+,19-/m1/s1. The molecule has 0 aliphatic carbocycles. The van der Waals surface area contributed by atoms with Crippen molar-refractivity contribution in [3.63, 3.8) is 0 Å². The van der Waals surface area contributed by atoms with Gasteiger partial charge in [-0.25, -0.2) is 0 Å². The average molecular weight is 323 g/mol. The summed E-state index contributed by atoms with van der Waals surface area (Å²) in [6.45, 7) is 4.10. The number of hydrogen-bond acceptors (Lipinski definition) is 3. The van der Waals surface area contributed by atoms with Crippen LogP contribution in [0.3, 0.4) is 0 Å². The van der Waals surface area contributed by atoms with Crippen LogP contribution in [0, 0.1) is 5.92 Å². The highest BCUT2D eigenvalue weighted by atomic mass is 16.1. The van der Waals surface area contributed by atoms with Gasteiger partial charge in [0.25, 0.3) is 0 Å². The van der Waals surface area contributed by atoms with E-state index in [0.29, 0.717) is 6.54 Å². The molecule has 4 nitrogen and oxygen atoms in total. The summed E-state index contributed by atoms with van der Waals surface area (Å²) < 4.78 is 0.